The minimum Gasteiger partial charge on any atom is -0.465 e. The molecular weight excluding hydrogens is 346 g/mol. The third-order valence-corrected chi connectivity index (χ3v) is 4.64. The summed E-state index contributed by atoms with van der Waals surface area (Å²) in [5.74, 6) is -1.38. The Morgan fingerprint density at radius 2 is 1.89 bits per heavy atom. The van der Waals surface area contributed by atoms with Gasteiger partial charge in [0.05, 0.1) is 25.0 Å². The summed E-state index contributed by atoms with van der Waals surface area (Å²) >= 11 is 0. The Bertz CT molecular complexity index is 862. The van der Waals surface area contributed by atoms with Crippen molar-refractivity contribution < 1.29 is 23.9 Å². The van der Waals surface area contributed by atoms with Crippen LogP contribution in [0.25, 0.3) is 0 Å². The fourth-order valence-corrected chi connectivity index (χ4v) is 3.20. The number of esters is 2. The SMILES string of the molecule is COC(=O)c1ccc2c(c1)CC(COC(=O)Cc1ccccc1)C(=O)N2C. The maximum Gasteiger partial charge on any atom is 0.337 e. The summed E-state index contributed by atoms with van der Waals surface area (Å²) in [6.45, 7) is 0.0106. The number of ether oxygens (including phenoxy) is 2. The third kappa shape index (κ3) is 4.16. The van der Waals surface area contributed by atoms with Crippen molar-refractivity contribution >= 4 is 23.5 Å². The number of rotatable bonds is 5. The van der Waals surface area contributed by atoms with Gasteiger partial charge in [-0.2, -0.15) is 0 Å². The number of benzene rings is 2. The Balaban J connectivity index is 1.68. The van der Waals surface area contributed by atoms with Gasteiger partial charge in [0.25, 0.3) is 0 Å². The quantitative estimate of drug-likeness (QED) is 0.759. The van der Waals surface area contributed by atoms with Crippen LogP contribution in [0.4, 0.5) is 5.69 Å². The fraction of sp³-hybridized carbons (Fsp3) is 0.286. The molecule has 1 heterocycles. The van der Waals surface area contributed by atoms with Crippen molar-refractivity contribution in [2.75, 3.05) is 25.7 Å². The molecule has 27 heavy (non-hydrogen) atoms. The molecule has 0 aromatic heterocycles. The van der Waals surface area contributed by atoms with Crippen molar-refractivity contribution in [1.29, 1.82) is 0 Å². The van der Waals surface area contributed by atoms with E-state index in [-0.39, 0.29) is 24.9 Å². The number of nitrogens with zero attached hydrogens (tertiary/aromatic N) is 1. The van der Waals surface area contributed by atoms with Gasteiger partial charge in [0, 0.05) is 12.7 Å². The molecule has 0 saturated heterocycles. The number of hydrogen-bond donors (Lipinski definition) is 0. The van der Waals surface area contributed by atoms with E-state index in [0.29, 0.717) is 12.0 Å². The summed E-state index contributed by atoms with van der Waals surface area (Å²) < 4.78 is 10.1. The summed E-state index contributed by atoms with van der Waals surface area (Å²) in [5, 5.41) is 0. The molecule has 6 nitrogen and oxygen atoms in total. The van der Waals surface area contributed by atoms with E-state index in [1.807, 2.05) is 30.3 Å². The van der Waals surface area contributed by atoms with Gasteiger partial charge in [-0.05, 0) is 35.7 Å². The molecule has 0 fully saturated rings. The van der Waals surface area contributed by atoms with Gasteiger partial charge in [-0.15, -0.1) is 0 Å². The highest BCUT2D eigenvalue weighted by Gasteiger charge is 2.32. The fourth-order valence-electron chi connectivity index (χ4n) is 3.20. The maximum atomic E-state index is 12.6. The molecule has 1 amide bonds. The van der Waals surface area contributed by atoms with E-state index in [1.54, 1.807) is 25.2 Å². The van der Waals surface area contributed by atoms with E-state index in [2.05, 4.69) is 0 Å². The largest absolute Gasteiger partial charge is 0.465 e. The summed E-state index contributed by atoms with van der Waals surface area (Å²) in [7, 11) is 3.00. The normalized spacial score (nSPS) is 15.9. The number of methoxy groups -OCH3 is 1. The predicted octanol–water partition coefficient (Wildman–Crippen LogP) is 2.39. The Labute approximate surface area is 157 Å². The van der Waals surface area contributed by atoms with Crippen LogP contribution in [-0.4, -0.2) is 38.6 Å². The first-order valence-electron chi connectivity index (χ1n) is 8.68. The lowest BCUT2D eigenvalue weighted by atomic mass is 9.91. The number of fused-ring (bicyclic) bond motifs is 1. The van der Waals surface area contributed by atoms with Crippen LogP contribution in [0.2, 0.25) is 0 Å². The highest BCUT2D eigenvalue weighted by molar-refractivity contribution is 5.99. The summed E-state index contributed by atoms with van der Waals surface area (Å²) in [6.07, 6.45) is 0.572. The monoisotopic (exact) mass is 367 g/mol. The molecule has 0 spiro atoms. The van der Waals surface area contributed by atoms with Gasteiger partial charge in [0.15, 0.2) is 0 Å². The summed E-state index contributed by atoms with van der Waals surface area (Å²) in [6, 6.07) is 14.4. The van der Waals surface area contributed by atoms with Crippen LogP contribution >= 0.6 is 0 Å². The van der Waals surface area contributed by atoms with E-state index >= 15 is 0 Å². The number of amides is 1. The topological polar surface area (TPSA) is 72.9 Å². The van der Waals surface area contributed by atoms with Gasteiger partial charge in [0.1, 0.15) is 6.61 Å². The third-order valence-electron chi connectivity index (χ3n) is 4.64. The number of carbonyl (C=O) groups excluding carboxylic acids is 3. The van der Waals surface area contributed by atoms with Crippen molar-refractivity contribution in [1.82, 2.24) is 0 Å². The van der Waals surface area contributed by atoms with E-state index < -0.39 is 11.9 Å². The van der Waals surface area contributed by atoms with Crippen LogP contribution in [-0.2, 0) is 31.9 Å². The van der Waals surface area contributed by atoms with Gasteiger partial charge in [-0.3, -0.25) is 9.59 Å². The molecule has 3 rings (SSSR count). The Morgan fingerprint density at radius 3 is 2.59 bits per heavy atom. The van der Waals surface area contributed by atoms with E-state index in [1.165, 1.54) is 12.0 Å². The van der Waals surface area contributed by atoms with Crippen LogP contribution in [0.15, 0.2) is 48.5 Å². The van der Waals surface area contributed by atoms with Crippen molar-refractivity contribution in [2.24, 2.45) is 5.92 Å². The average molecular weight is 367 g/mol. The lowest BCUT2D eigenvalue weighted by molar-refractivity contribution is -0.145. The zero-order valence-corrected chi connectivity index (χ0v) is 15.3. The zero-order chi connectivity index (χ0) is 19.4. The lowest BCUT2D eigenvalue weighted by Gasteiger charge is -2.31. The van der Waals surface area contributed by atoms with Gasteiger partial charge < -0.3 is 14.4 Å². The molecule has 0 bridgehead atoms. The second kappa shape index (κ2) is 8.03. The smallest absolute Gasteiger partial charge is 0.337 e. The average Bonchev–Trinajstić information content (AvgIpc) is 2.69. The second-order valence-corrected chi connectivity index (χ2v) is 6.48. The van der Waals surface area contributed by atoms with Crippen LogP contribution in [0.1, 0.15) is 21.5 Å². The molecule has 0 saturated carbocycles. The summed E-state index contributed by atoms with van der Waals surface area (Å²) in [4.78, 5) is 37.9. The van der Waals surface area contributed by atoms with Crippen LogP contribution in [0, 0.1) is 5.92 Å². The molecule has 0 radical (unpaired) electrons. The molecule has 2 aromatic rings. The minimum absolute atomic E-state index is 0.0106. The molecule has 2 aromatic carbocycles. The minimum atomic E-state index is -0.477. The lowest BCUT2D eigenvalue weighted by Crippen LogP contribution is -2.41. The highest BCUT2D eigenvalue weighted by atomic mass is 16.5. The molecule has 6 heteroatoms. The van der Waals surface area contributed by atoms with Crippen LogP contribution in [0.5, 0.6) is 0 Å². The Kier molecular flexibility index (Phi) is 5.54. The molecule has 0 aliphatic carbocycles. The number of hydrogen-bond acceptors (Lipinski definition) is 5. The first-order valence-corrected chi connectivity index (χ1v) is 8.68. The van der Waals surface area contributed by atoms with E-state index in [0.717, 1.165) is 16.8 Å². The van der Waals surface area contributed by atoms with Gasteiger partial charge in [0.2, 0.25) is 5.91 Å². The molecule has 1 aliphatic heterocycles. The van der Waals surface area contributed by atoms with Crippen LogP contribution in [0.3, 0.4) is 0 Å². The maximum absolute atomic E-state index is 12.6. The number of anilines is 1. The predicted molar refractivity (Wildman–Crippen MR) is 99.5 cm³/mol. The summed E-state index contributed by atoms with van der Waals surface area (Å²) in [5.41, 5.74) is 2.89. The first kappa shape index (κ1) is 18.6. The van der Waals surface area contributed by atoms with Crippen molar-refractivity contribution in [3.8, 4) is 0 Å². The van der Waals surface area contributed by atoms with Gasteiger partial charge >= 0.3 is 11.9 Å². The van der Waals surface area contributed by atoms with Crippen LogP contribution < -0.4 is 4.90 Å². The standard InChI is InChI=1S/C21H21NO5/c1-22-18-9-8-15(21(25)26-2)11-16(18)12-17(20(22)24)13-27-19(23)10-14-6-4-3-5-7-14/h3-9,11,17H,10,12-13H2,1-2H3. The van der Waals surface area contributed by atoms with E-state index in [9.17, 15) is 14.4 Å². The number of carbonyl (C=O) groups is 3. The highest BCUT2D eigenvalue weighted by Crippen LogP contribution is 2.31. The molecule has 1 aliphatic rings. The molecule has 0 N–H and O–H groups in total. The molecule has 1 atom stereocenters. The molecule has 140 valence electrons. The Hall–Kier alpha value is -3.15. The van der Waals surface area contributed by atoms with Crippen molar-refractivity contribution in [2.45, 2.75) is 12.8 Å². The van der Waals surface area contributed by atoms with E-state index in [4.69, 9.17) is 9.47 Å². The zero-order valence-electron chi connectivity index (χ0n) is 15.3. The van der Waals surface area contributed by atoms with Crippen molar-refractivity contribution in [3.63, 3.8) is 0 Å². The Morgan fingerprint density at radius 1 is 1.15 bits per heavy atom. The molecule has 1 unspecified atom stereocenters. The van der Waals surface area contributed by atoms with Gasteiger partial charge in [-0.25, -0.2) is 4.79 Å². The second-order valence-electron chi connectivity index (χ2n) is 6.48. The molecular formula is C21H21NO5. The van der Waals surface area contributed by atoms with Crippen molar-refractivity contribution in [3.05, 3.63) is 65.2 Å². The van der Waals surface area contributed by atoms with Gasteiger partial charge in [-0.1, -0.05) is 30.3 Å². The first-order chi connectivity index (χ1) is 13.0.